The van der Waals surface area contributed by atoms with Crippen LogP contribution in [0, 0.1) is 0 Å². The lowest BCUT2D eigenvalue weighted by Crippen LogP contribution is -2.12. The summed E-state index contributed by atoms with van der Waals surface area (Å²) >= 11 is 7.04. The summed E-state index contributed by atoms with van der Waals surface area (Å²) in [5.74, 6) is 0.975. The van der Waals surface area contributed by atoms with Crippen LogP contribution in [0.3, 0.4) is 0 Å². The fraction of sp³-hybridized carbons (Fsp3) is 0.889. The molecule has 0 aromatic carbocycles. The molecule has 0 bridgehead atoms. The van der Waals surface area contributed by atoms with Gasteiger partial charge in [0.1, 0.15) is 0 Å². The highest BCUT2D eigenvalue weighted by Gasteiger charge is 2.22. The Morgan fingerprint density at radius 2 is 2.13 bits per heavy atom. The van der Waals surface area contributed by atoms with Crippen LogP contribution in [0.25, 0.3) is 0 Å². The molecule has 1 amide bonds. The molecule has 0 spiro atoms. The van der Waals surface area contributed by atoms with E-state index in [0.717, 1.165) is 18.6 Å². The first-order valence-corrected chi connectivity index (χ1v) is 9.44. The van der Waals surface area contributed by atoms with Crippen molar-refractivity contribution in [3.63, 3.8) is 0 Å². The molecule has 0 aromatic rings. The first kappa shape index (κ1) is 15.4. The van der Waals surface area contributed by atoms with E-state index in [2.05, 4.69) is 6.92 Å². The molecule has 0 fully saturated rings. The smallest absolute Gasteiger partial charge is 0.215 e. The Morgan fingerprint density at radius 3 is 2.60 bits per heavy atom. The second-order valence-corrected chi connectivity index (χ2v) is 10.0. The predicted molar refractivity (Wildman–Crippen MR) is 71.7 cm³/mol. The molecule has 0 aliphatic carbocycles. The highest BCUT2D eigenvalue weighted by molar-refractivity contribution is 8.68. The Bertz CT molecular complexity index is 226. The first-order valence-electron chi connectivity index (χ1n) is 5.18. The van der Waals surface area contributed by atoms with E-state index in [0.29, 0.717) is 6.61 Å². The zero-order chi connectivity index (χ0) is 11.7. The van der Waals surface area contributed by atoms with E-state index >= 15 is 0 Å². The lowest BCUT2D eigenvalue weighted by molar-refractivity contribution is -0.113. The van der Waals surface area contributed by atoms with E-state index < -0.39 is 5.62 Å². The van der Waals surface area contributed by atoms with Crippen LogP contribution in [0.5, 0.6) is 0 Å². The van der Waals surface area contributed by atoms with Gasteiger partial charge >= 0.3 is 0 Å². The summed E-state index contributed by atoms with van der Waals surface area (Å²) in [5, 5.41) is 0. The molecule has 1 atom stereocenters. The zero-order valence-electron chi connectivity index (χ0n) is 9.64. The van der Waals surface area contributed by atoms with E-state index in [1.54, 1.807) is 18.4 Å². The Balaban J connectivity index is 4.13. The van der Waals surface area contributed by atoms with Crippen molar-refractivity contribution in [1.29, 1.82) is 0 Å². The van der Waals surface area contributed by atoms with Gasteiger partial charge in [0.25, 0.3) is 0 Å². The third-order valence-corrected chi connectivity index (χ3v) is 8.74. The van der Waals surface area contributed by atoms with Crippen LogP contribution in [0.4, 0.5) is 0 Å². The minimum Gasteiger partial charge on any atom is -0.327 e. The summed E-state index contributed by atoms with van der Waals surface area (Å²) in [6.07, 6.45) is 4.31. The highest BCUT2D eigenvalue weighted by Crippen LogP contribution is 2.61. The van der Waals surface area contributed by atoms with Crippen molar-refractivity contribution in [2.45, 2.75) is 33.1 Å². The number of carbonyl (C=O) groups excluding carboxylic acids is 1. The maximum absolute atomic E-state index is 10.7. The van der Waals surface area contributed by atoms with Gasteiger partial charge in [0, 0.05) is 12.8 Å². The summed E-state index contributed by atoms with van der Waals surface area (Å²) in [4.78, 5) is 10.7. The largest absolute Gasteiger partial charge is 0.327 e. The molecule has 0 N–H and O–H groups in total. The highest BCUT2D eigenvalue weighted by atomic mass is 32.9. The van der Waals surface area contributed by atoms with Crippen LogP contribution >= 0.6 is 17.0 Å². The monoisotopic (exact) mass is 269 g/mol. The maximum Gasteiger partial charge on any atom is 0.215 e. The van der Waals surface area contributed by atoms with E-state index in [4.69, 9.17) is 16.3 Å². The van der Waals surface area contributed by atoms with Crippen LogP contribution in [0.1, 0.15) is 33.1 Å². The quantitative estimate of drug-likeness (QED) is 0.365. The van der Waals surface area contributed by atoms with Crippen molar-refractivity contribution in [2.75, 3.05) is 19.4 Å². The van der Waals surface area contributed by atoms with Gasteiger partial charge in [0.15, 0.2) is 0 Å². The van der Waals surface area contributed by atoms with Gasteiger partial charge < -0.3 is 4.52 Å². The Labute approximate surface area is 102 Å². The van der Waals surface area contributed by atoms with Crippen molar-refractivity contribution in [3.05, 3.63) is 0 Å². The molecule has 3 nitrogen and oxygen atoms in total. The van der Waals surface area contributed by atoms with Gasteiger partial charge in [-0.2, -0.15) is 0 Å². The molecule has 0 radical (unpaired) electrons. The molecular weight excluding hydrogens is 249 g/mol. The fourth-order valence-electron chi connectivity index (χ4n) is 0.972. The molecule has 0 aliphatic heterocycles. The Hall–Kier alpha value is 0.430. The van der Waals surface area contributed by atoms with Gasteiger partial charge in [-0.1, -0.05) is 31.1 Å². The maximum atomic E-state index is 10.7. The van der Waals surface area contributed by atoms with Gasteiger partial charge in [0.05, 0.1) is 6.61 Å². The number of nitrogens with zero attached hydrogens (tertiary/aromatic N) is 1. The van der Waals surface area contributed by atoms with Gasteiger partial charge in [-0.15, -0.1) is 0 Å². The second-order valence-electron chi connectivity index (χ2n) is 3.11. The molecule has 0 aliphatic rings. The summed E-state index contributed by atoms with van der Waals surface area (Å²) in [6.45, 7) is 4.64. The molecule has 15 heavy (non-hydrogen) atoms. The number of rotatable bonds is 9. The number of hydrogen-bond donors (Lipinski definition) is 0. The third-order valence-electron chi connectivity index (χ3n) is 1.83. The van der Waals surface area contributed by atoms with Crippen molar-refractivity contribution in [1.82, 2.24) is 4.67 Å². The van der Waals surface area contributed by atoms with Gasteiger partial charge in [-0.05, 0) is 25.2 Å². The van der Waals surface area contributed by atoms with Crippen LogP contribution in [0.2, 0.25) is 0 Å². The molecule has 90 valence electrons. The standard InChI is InChI=1S/C9H20NO2PS2/c1-4-6-7-8-15-13(14,12-5-2)10(3)9-11/h9H,4-8H2,1-3H3. The van der Waals surface area contributed by atoms with Crippen molar-refractivity contribution in [3.8, 4) is 0 Å². The molecule has 0 heterocycles. The van der Waals surface area contributed by atoms with Crippen LogP contribution < -0.4 is 0 Å². The van der Waals surface area contributed by atoms with Gasteiger partial charge in [-0.3, -0.25) is 9.46 Å². The fourth-order valence-corrected chi connectivity index (χ4v) is 5.80. The van der Waals surface area contributed by atoms with Crippen molar-refractivity contribution in [2.24, 2.45) is 0 Å². The zero-order valence-corrected chi connectivity index (χ0v) is 12.2. The van der Waals surface area contributed by atoms with E-state index in [-0.39, 0.29) is 0 Å². The summed E-state index contributed by atoms with van der Waals surface area (Å²) < 4.78 is 7.06. The molecule has 0 rings (SSSR count). The molecule has 6 heteroatoms. The number of hydrogen-bond acceptors (Lipinski definition) is 4. The lowest BCUT2D eigenvalue weighted by atomic mass is 10.3. The van der Waals surface area contributed by atoms with Gasteiger partial charge in [-0.25, -0.2) is 0 Å². The lowest BCUT2D eigenvalue weighted by Gasteiger charge is -2.27. The van der Waals surface area contributed by atoms with Gasteiger partial charge in [0.2, 0.25) is 12.0 Å². The predicted octanol–water partition coefficient (Wildman–Crippen LogP) is 3.26. The minimum absolute atomic E-state index is 0.566. The number of carbonyl (C=O) groups is 1. The summed E-state index contributed by atoms with van der Waals surface area (Å²) in [7, 11) is 1.70. The van der Waals surface area contributed by atoms with E-state index in [1.165, 1.54) is 17.5 Å². The van der Waals surface area contributed by atoms with Crippen LogP contribution in [-0.4, -0.2) is 30.5 Å². The average molecular weight is 269 g/mol. The molecule has 0 saturated carbocycles. The van der Waals surface area contributed by atoms with Crippen molar-refractivity contribution < 1.29 is 9.32 Å². The normalized spacial score (nSPS) is 14.6. The molecule has 0 aromatic heterocycles. The second kappa shape index (κ2) is 8.57. The van der Waals surface area contributed by atoms with E-state index in [9.17, 15) is 4.79 Å². The van der Waals surface area contributed by atoms with Crippen LogP contribution in [0.15, 0.2) is 0 Å². The molecular formula is C9H20NO2PS2. The Morgan fingerprint density at radius 1 is 1.47 bits per heavy atom. The topological polar surface area (TPSA) is 29.5 Å². The summed E-state index contributed by atoms with van der Waals surface area (Å²) in [6, 6.07) is 0. The number of amides is 1. The first-order chi connectivity index (χ1) is 7.10. The molecule has 0 saturated heterocycles. The van der Waals surface area contributed by atoms with Crippen LogP contribution in [-0.2, 0) is 21.1 Å². The average Bonchev–Trinajstić information content (AvgIpc) is 2.23. The number of unbranched alkanes of at least 4 members (excludes halogenated alkanes) is 2. The summed E-state index contributed by atoms with van der Waals surface area (Å²) in [5.41, 5.74) is -2.14. The molecule has 1 unspecified atom stereocenters. The van der Waals surface area contributed by atoms with E-state index in [1.807, 2.05) is 6.92 Å². The minimum atomic E-state index is -2.14. The Kier molecular flexibility index (Phi) is 8.81. The van der Waals surface area contributed by atoms with Crippen molar-refractivity contribution >= 4 is 35.2 Å². The third kappa shape index (κ3) is 5.91. The SMILES string of the molecule is CCCCCSP(=S)(OCC)N(C)C=O.